The van der Waals surface area contributed by atoms with Crippen molar-refractivity contribution in [2.75, 3.05) is 0 Å². The number of allylic oxidation sites excluding steroid dienone is 5. The van der Waals surface area contributed by atoms with Gasteiger partial charge in [0, 0.05) is 12.3 Å². The zero-order valence-electron chi connectivity index (χ0n) is 13.1. The molecule has 0 unspecified atom stereocenters. The summed E-state index contributed by atoms with van der Waals surface area (Å²) in [5.41, 5.74) is 0. The Morgan fingerprint density at radius 1 is 1.36 bits per heavy atom. The number of hydrogen-bond acceptors (Lipinski definition) is 3. The fraction of sp³-hybridized carbons (Fsp3) is 0.556. The van der Waals surface area contributed by atoms with Gasteiger partial charge in [0.2, 0.25) is 0 Å². The van der Waals surface area contributed by atoms with Crippen molar-refractivity contribution in [1.82, 2.24) is 0 Å². The summed E-state index contributed by atoms with van der Waals surface area (Å²) in [7, 11) is 0. The molecule has 0 aromatic heterocycles. The molecule has 0 heterocycles. The lowest BCUT2D eigenvalue weighted by atomic mass is 9.90. The Labute approximate surface area is 132 Å². The molecule has 4 heteroatoms. The number of carboxylic acids is 1. The molecule has 2 N–H and O–H groups in total. The Morgan fingerprint density at radius 3 is 2.82 bits per heavy atom. The Bertz CT molecular complexity index is 448. The third-order valence-electron chi connectivity index (χ3n) is 3.79. The van der Waals surface area contributed by atoms with Crippen molar-refractivity contribution >= 4 is 11.8 Å². The highest BCUT2D eigenvalue weighted by molar-refractivity contribution is 5.95. The fourth-order valence-corrected chi connectivity index (χ4v) is 2.52. The molecule has 22 heavy (non-hydrogen) atoms. The van der Waals surface area contributed by atoms with Crippen LogP contribution in [0, 0.1) is 11.8 Å². The quantitative estimate of drug-likeness (QED) is 0.480. The maximum absolute atomic E-state index is 11.9. The van der Waals surface area contributed by atoms with E-state index in [-0.39, 0.29) is 24.0 Å². The van der Waals surface area contributed by atoms with Crippen molar-refractivity contribution in [3.8, 4) is 0 Å². The fourth-order valence-electron chi connectivity index (χ4n) is 2.52. The first-order valence-electron chi connectivity index (χ1n) is 7.99. The van der Waals surface area contributed by atoms with Crippen molar-refractivity contribution in [3.05, 3.63) is 36.5 Å². The minimum absolute atomic E-state index is 0.0872. The predicted octanol–water partition coefficient (Wildman–Crippen LogP) is 3.28. The Balaban J connectivity index is 2.39. The number of carboxylic acid groups (broad SMARTS) is 1. The van der Waals surface area contributed by atoms with Gasteiger partial charge in [0.1, 0.15) is 0 Å². The number of aliphatic carboxylic acids is 1. The van der Waals surface area contributed by atoms with Crippen molar-refractivity contribution in [3.63, 3.8) is 0 Å². The van der Waals surface area contributed by atoms with Gasteiger partial charge in [-0.25, -0.2) is 0 Å². The van der Waals surface area contributed by atoms with Crippen LogP contribution < -0.4 is 0 Å². The third kappa shape index (κ3) is 6.85. The molecule has 0 amide bonds. The second kappa shape index (κ2) is 10.1. The number of rotatable bonds is 10. The average Bonchev–Trinajstić information content (AvgIpc) is 2.82. The van der Waals surface area contributed by atoms with Crippen LogP contribution in [0.5, 0.6) is 0 Å². The maximum Gasteiger partial charge on any atom is 0.303 e. The summed E-state index contributed by atoms with van der Waals surface area (Å²) in [6.45, 7) is 2.07. The summed E-state index contributed by atoms with van der Waals surface area (Å²) in [4.78, 5) is 22.3. The van der Waals surface area contributed by atoms with E-state index in [9.17, 15) is 14.7 Å². The second-order valence-corrected chi connectivity index (χ2v) is 5.66. The van der Waals surface area contributed by atoms with Crippen molar-refractivity contribution < 1.29 is 19.8 Å². The standard InChI is InChI=1S/C18H26O4/c1-2-3-4-7-14-10-13-17(20)16(14)12-11-15(19)8-5-6-9-18(21)22/h3-4,10-16,19H,2,5-9H2,1H3,(H,21,22)/b4-3-,12-11+/t14-,15-,16-/m1/s1. The molecule has 0 aromatic rings. The average molecular weight is 306 g/mol. The van der Waals surface area contributed by atoms with Crippen LogP contribution in [-0.4, -0.2) is 28.1 Å². The molecule has 0 radical (unpaired) electrons. The first-order valence-corrected chi connectivity index (χ1v) is 7.99. The van der Waals surface area contributed by atoms with Gasteiger partial charge >= 0.3 is 5.97 Å². The van der Waals surface area contributed by atoms with Gasteiger partial charge in [-0.05, 0) is 44.1 Å². The van der Waals surface area contributed by atoms with Gasteiger partial charge < -0.3 is 10.2 Å². The number of hydrogen-bond donors (Lipinski definition) is 2. The zero-order valence-corrected chi connectivity index (χ0v) is 13.1. The van der Waals surface area contributed by atoms with Crippen LogP contribution in [0.3, 0.4) is 0 Å². The first kappa shape index (κ1) is 18.4. The summed E-state index contributed by atoms with van der Waals surface area (Å²) in [6, 6.07) is 0. The van der Waals surface area contributed by atoms with E-state index < -0.39 is 12.1 Å². The third-order valence-corrected chi connectivity index (χ3v) is 3.79. The molecule has 0 spiro atoms. The van der Waals surface area contributed by atoms with Crippen molar-refractivity contribution in [2.24, 2.45) is 11.8 Å². The molecular formula is C18H26O4. The predicted molar refractivity (Wildman–Crippen MR) is 86.4 cm³/mol. The molecule has 0 saturated heterocycles. The molecule has 1 aliphatic rings. The van der Waals surface area contributed by atoms with Crippen molar-refractivity contribution in [1.29, 1.82) is 0 Å². The van der Waals surface area contributed by atoms with Gasteiger partial charge in [0.15, 0.2) is 5.78 Å². The minimum Gasteiger partial charge on any atom is -0.481 e. The molecule has 0 aliphatic heterocycles. The lowest BCUT2D eigenvalue weighted by Crippen LogP contribution is -2.14. The van der Waals surface area contributed by atoms with E-state index >= 15 is 0 Å². The molecule has 0 fully saturated rings. The summed E-state index contributed by atoms with van der Waals surface area (Å²) in [5, 5.41) is 18.4. The molecule has 0 bridgehead atoms. The van der Waals surface area contributed by atoms with Crippen LogP contribution in [0.4, 0.5) is 0 Å². The van der Waals surface area contributed by atoms with Crippen molar-refractivity contribution in [2.45, 2.75) is 51.6 Å². The number of ketones is 1. The SMILES string of the molecule is CC/C=C\C[C@@H]1C=CC(=O)[C@@H]1/C=C/[C@H](O)CCCCC(=O)O. The highest BCUT2D eigenvalue weighted by Gasteiger charge is 2.26. The normalized spacial score (nSPS) is 22.9. The first-order chi connectivity index (χ1) is 10.5. The lowest BCUT2D eigenvalue weighted by Gasteiger charge is -2.13. The van der Waals surface area contributed by atoms with Crippen LogP contribution in [0.1, 0.15) is 45.4 Å². The van der Waals surface area contributed by atoms with Gasteiger partial charge in [0.25, 0.3) is 0 Å². The van der Waals surface area contributed by atoms with Gasteiger partial charge in [-0.3, -0.25) is 9.59 Å². The number of aliphatic hydroxyl groups is 1. The molecule has 1 aliphatic carbocycles. The van der Waals surface area contributed by atoms with E-state index in [0.717, 1.165) is 12.8 Å². The van der Waals surface area contributed by atoms with Gasteiger partial charge in [0.05, 0.1) is 6.10 Å². The lowest BCUT2D eigenvalue weighted by molar-refractivity contribution is -0.137. The van der Waals surface area contributed by atoms with E-state index in [4.69, 9.17) is 5.11 Å². The highest BCUT2D eigenvalue weighted by Crippen LogP contribution is 2.27. The number of unbranched alkanes of at least 4 members (excludes halogenated alkanes) is 1. The van der Waals surface area contributed by atoms with Crippen LogP contribution in [-0.2, 0) is 9.59 Å². The molecular weight excluding hydrogens is 280 g/mol. The monoisotopic (exact) mass is 306 g/mol. The molecule has 0 saturated carbocycles. The molecule has 0 aromatic carbocycles. The van der Waals surface area contributed by atoms with E-state index in [1.807, 2.05) is 6.08 Å². The van der Waals surface area contributed by atoms with E-state index in [1.165, 1.54) is 0 Å². The van der Waals surface area contributed by atoms with Gasteiger partial charge in [-0.2, -0.15) is 0 Å². The minimum atomic E-state index is -0.810. The number of carbonyl (C=O) groups is 2. The summed E-state index contributed by atoms with van der Waals surface area (Å²) in [5.74, 6) is -0.735. The van der Waals surface area contributed by atoms with E-state index in [2.05, 4.69) is 19.1 Å². The smallest absolute Gasteiger partial charge is 0.303 e. The van der Waals surface area contributed by atoms with Gasteiger partial charge in [-0.15, -0.1) is 0 Å². The van der Waals surface area contributed by atoms with E-state index in [1.54, 1.807) is 18.2 Å². The van der Waals surface area contributed by atoms with Crippen LogP contribution in [0.25, 0.3) is 0 Å². The second-order valence-electron chi connectivity index (χ2n) is 5.66. The Hall–Kier alpha value is -1.68. The number of carbonyl (C=O) groups excluding carboxylic acids is 1. The molecule has 3 atom stereocenters. The van der Waals surface area contributed by atoms with Crippen LogP contribution >= 0.6 is 0 Å². The van der Waals surface area contributed by atoms with Crippen LogP contribution in [0.15, 0.2) is 36.5 Å². The summed E-state index contributed by atoms with van der Waals surface area (Å²) < 4.78 is 0. The highest BCUT2D eigenvalue weighted by atomic mass is 16.4. The largest absolute Gasteiger partial charge is 0.481 e. The van der Waals surface area contributed by atoms with E-state index in [0.29, 0.717) is 19.3 Å². The summed E-state index contributed by atoms with van der Waals surface area (Å²) in [6.07, 6.45) is 14.3. The Morgan fingerprint density at radius 2 is 2.14 bits per heavy atom. The topological polar surface area (TPSA) is 74.6 Å². The maximum atomic E-state index is 11.9. The zero-order chi connectivity index (χ0) is 16.4. The van der Waals surface area contributed by atoms with Crippen LogP contribution in [0.2, 0.25) is 0 Å². The molecule has 122 valence electrons. The van der Waals surface area contributed by atoms with Gasteiger partial charge in [-0.1, -0.05) is 37.3 Å². The molecule has 4 nitrogen and oxygen atoms in total. The Kier molecular flexibility index (Phi) is 8.44. The molecule has 1 rings (SSSR count). The number of aliphatic hydroxyl groups excluding tert-OH is 1. The summed E-state index contributed by atoms with van der Waals surface area (Å²) >= 11 is 0.